The van der Waals surface area contributed by atoms with Gasteiger partial charge in [-0.05, 0) is 30.5 Å². The highest BCUT2D eigenvalue weighted by molar-refractivity contribution is 14.0. The summed E-state index contributed by atoms with van der Waals surface area (Å²) in [6.07, 6.45) is 8.86. The van der Waals surface area contributed by atoms with Gasteiger partial charge in [-0.25, -0.2) is 0 Å². The van der Waals surface area contributed by atoms with Crippen LogP contribution in [0.25, 0.3) is 0 Å². The van der Waals surface area contributed by atoms with Crippen LogP contribution in [0, 0.1) is 0 Å². The first-order valence-corrected chi connectivity index (χ1v) is 10.8. The lowest BCUT2D eigenvalue weighted by molar-refractivity contribution is -0.00811. The fraction of sp³-hybridized carbons (Fsp3) is 0.545. The van der Waals surface area contributed by atoms with Crippen LogP contribution in [0.5, 0.6) is 0 Å². The summed E-state index contributed by atoms with van der Waals surface area (Å²) in [5.41, 5.74) is 2.63. The van der Waals surface area contributed by atoms with Gasteiger partial charge >= 0.3 is 0 Å². The molecule has 164 valence electrons. The SMILES string of the molecule is CN=C(NCC1(c2ccc(Cl)cc2)CCCC1)N1CCOC(c2cnn(C)c2)C1.I. The van der Waals surface area contributed by atoms with Gasteiger partial charge in [0.25, 0.3) is 0 Å². The summed E-state index contributed by atoms with van der Waals surface area (Å²) < 4.78 is 7.81. The number of benzene rings is 1. The van der Waals surface area contributed by atoms with Crippen molar-refractivity contribution in [2.24, 2.45) is 12.0 Å². The van der Waals surface area contributed by atoms with Gasteiger partial charge in [-0.3, -0.25) is 9.67 Å². The van der Waals surface area contributed by atoms with Crippen LogP contribution in [0.4, 0.5) is 0 Å². The first-order chi connectivity index (χ1) is 14.1. The van der Waals surface area contributed by atoms with E-state index in [0.29, 0.717) is 6.61 Å². The van der Waals surface area contributed by atoms with E-state index in [2.05, 4.69) is 32.4 Å². The quantitative estimate of drug-likeness (QED) is 0.358. The maximum absolute atomic E-state index is 6.12. The van der Waals surface area contributed by atoms with Gasteiger partial charge in [-0.15, -0.1) is 24.0 Å². The van der Waals surface area contributed by atoms with Crippen LogP contribution >= 0.6 is 35.6 Å². The molecule has 2 heterocycles. The summed E-state index contributed by atoms with van der Waals surface area (Å²) in [5, 5.41) is 8.75. The monoisotopic (exact) mass is 543 g/mol. The van der Waals surface area contributed by atoms with Gasteiger partial charge in [0, 0.05) is 49.4 Å². The van der Waals surface area contributed by atoms with Crippen LogP contribution in [0.1, 0.15) is 42.9 Å². The van der Waals surface area contributed by atoms with Gasteiger partial charge < -0.3 is 15.0 Å². The first-order valence-electron chi connectivity index (χ1n) is 10.4. The van der Waals surface area contributed by atoms with Gasteiger partial charge in [0.05, 0.1) is 19.3 Å². The largest absolute Gasteiger partial charge is 0.370 e. The van der Waals surface area contributed by atoms with E-state index in [9.17, 15) is 0 Å². The molecule has 1 aromatic heterocycles. The smallest absolute Gasteiger partial charge is 0.193 e. The Kier molecular flexibility index (Phi) is 8.04. The number of nitrogens with zero attached hydrogens (tertiary/aromatic N) is 4. The summed E-state index contributed by atoms with van der Waals surface area (Å²) in [5.74, 6) is 0.947. The van der Waals surface area contributed by atoms with Crippen LogP contribution in [0.3, 0.4) is 0 Å². The van der Waals surface area contributed by atoms with Crippen LogP contribution in [0.2, 0.25) is 5.02 Å². The zero-order valence-corrected chi connectivity index (χ0v) is 20.8. The van der Waals surface area contributed by atoms with Crippen molar-refractivity contribution >= 4 is 41.5 Å². The number of halogens is 2. The average Bonchev–Trinajstić information content (AvgIpc) is 3.39. The Morgan fingerprint density at radius 1 is 1.30 bits per heavy atom. The molecule has 1 atom stereocenters. The number of morpholine rings is 1. The highest BCUT2D eigenvalue weighted by Gasteiger charge is 2.36. The van der Waals surface area contributed by atoms with E-state index in [1.807, 2.05) is 43.3 Å². The topological polar surface area (TPSA) is 54.7 Å². The molecular weight excluding hydrogens is 513 g/mol. The molecule has 0 spiro atoms. The number of aryl methyl sites for hydroxylation is 1. The molecule has 1 unspecified atom stereocenters. The fourth-order valence-corrected chi connectivity index (χ4v) is 4.78. The lowest BCUT2D eigenvalue weighted by Crippen LogP contribution is -2.51. The molecule has 2 aromatic rings. The van der Waals surface area contributed by atoms with Crippen molar-refractivity contribution in [1.82, 2.24) is 20.0 Å². The van der Waals surface area contributed by atoms with E-state index in [1.54, 1.807) is 0 Å². The van der Waals surface area contributed by atoms with Crippen molar-refractivity contribution in [3.8, 4) is 0 Å². The summed E-state index contributed by atoms with van der Waals surface area (Å²) in [4.78, 5) is 6.88. The standard InChI is InChI=1S/C22H30ClN5O.HI/c1-24-21(28-11-12-29-20(15-28)17-13-26-27(2)14-17)25-16-22(9-3-4-10-22)18-5-7-19(23)8-6-18;/h5-8,13-14,20H,3-4,9-12,15-16H2,1-2H3,(H,24,25);1H. The molecule has 2 aliphatic rings. The van der Waals surface area contributed by atoms with Crippen LogP contribution in [-0.4, -0.2) is 53.9 Å². The van der Waals surface area contributed by atoms with E-state index in [0.717, 1.165) is 36.2 Å². The third kappa shape index (κ3) is 5.11. The highest BCUT2D eigenvalue weighted by Crippen LogP contribution is 2.41. The van der Waals surface area contributed by atoms with Crippen molar-refractivity contribution in [1.29, 1.82) is 0 Å². The molecule has 1 N–H and O–H groups in total. The van der Waals surface area contributed by atoms with E-state index >= 15 is 0 Å². The van der Waals surface area contributed by atoms with Crippen LogP contribution in [0.15, 0.2) is 41.7 Å². The normalized spacial score (nSPS) is 21.4. The molecule has 0 bridgehead atoms. The zero-order chi connectivity index (χ0) is 20.3. The summed E-state index contributed by atoms with van der Waals surface area (Å²) in [6.45, 7) is 3.18. The van der Waals surface area contributed by atoms with E-state index in [-0.39, 0.29) is 35.5 Å². The minimum Gasteiger partial charge on any atom is -0.370 e. The van der Waals surface area contributed by atoms with E-state index in [1.165, 1.54) is 31.2 Å². The van der Waals surface area contributed by atoms with Gasteiger partial charge in [0.15, 0.2) is 5.96 Å². The Labute approximate surface area is 201 Å². The Bertz CT molecular complexity index is 847. The molecular formula is C22H31ClIN5O. The number of aliphatic imine (C=N–C) groups is 1. The third-order valence-corrected chi connectivity index (χ3v) is 6.53. The number of aromatic nitrogens is 2. The molecule has 6 nitrogen and oxygen atoms in total. The van der Waals surface area contributed by atoms with Crippen molar-refractivity contribution in [3.05, 3.63) is 52.8 Å². The van der Waals surface area contributed by atoms with Gasteiger partial charge in [0.1, 0.15) is 6.10 Å². The Balaban J connectivity index is 0.00000256. The molecule has 4 rings (SSSR count). The lowest BCUT2D eigenvalue weighted by atomic mass is 9.79. The Morgan fingerprint density at radius 3 is 2.67 bits per heavy atom. The molecule has 0 amide bonds. The predicted octanol–water partition coefficient (Wildman–Crippen LogP) is 4.15. The number of hydrogen-bond acceptors (Lipinski definition) is 3. The Hall–Kier alpha value is -1.32. The molecule has 1 saturated carbocycles. The summed E-state index contributed by atoms with van der Waals surface area (Å²) >= 11 is 6.12. The fourth-order valence-electron chi connectivity index (χ4n) is 4.65. The highest BCUT2D eigenvalue weighted by atomic mass is 127. The first kappa shape index (κ1) is 23.3. The molecule has 0 radical (unpaired) electrons. The number of rotatable bonds is 4. The molecule has 2 fully saturated rings. The van der Waals surface area contributed by atoms with Gasteiger partial charge in [0.2, 0.25) is 0 Å². The second kappa shape index (κ2) is 10.3. The maximum atomic E-state index is 6.12. The molecule has 30 heavy (non-hydrogen) atoms. The van der Waals surface area contributed by atoms with Crippen molar-refractivity contribution < 1.29 is 4.74 Å². The summed E-state index contributed by atoms with van der Waals surface area (Å²) in [7, 11) is 3.79. The van der Waals surface area contributed by atoms with Crippen molar-refractivity contribution in [2.75, 3.05) is 33.3 Å². The number of guanidine groups is 1. The van der Waals surface area contributed by atoms with Gasteiger partial charge in [-0.1, -0.05) is 36.6 Å². The summed E-state index contributed by atoms with van der Waals surface area (Å²) in [6, 6.07) is 8.38. The maximum Gasteiger partial charge on any atom is 0.193 e. The minimum absolute atomic E-state index is 0. The Morgan fingerprint density at radius 2 is 2.03 bits per heavy atom. The molecule has 1 aliphatic heterocycles. The molecule has 1 aromatic carbocycles. The third-order valence-electron chi connectivity index (χ3n) is 6.28. The average molecular weight is 544 g/mol. The van der Waals surface area contributed by atoms with Crippen molar-refractivity contribution in [3.63, 3.8) is 0 Å². The van der Waals surface area contributed by atoms with E-state index < -0.39 is 0 Å². The zero-order valence-electron chi connectivity index (χ0n) is 17.7. The lowest BCUT2D eigenvalue weighted by Gasteiger charge is -2.37. The predicted molar refractivity (Wildman–Crippen MR) is 132 cm³/mol. The molecule has 8 heteroatoms. The van der Waals surface area contributed by atoms with Crippen molar-refractivity contribution in [2.45, 2.75) is 37.2 Å². The van der Waals surface area contributed by atoms with Gasteiger partial charge in [-0.2, -0.15) is 5.10 Å². The number of hydrogen-bond donors (Lipinski definition) is 1. The second-order valence-corrected chi connectivity index (χ2v) is 8.58. The number of nitrogens with one attached hydrogen (secondary N) is 1. The molecule has 1 saturated heterocycles. The second-order valence-electron chi connectivity index (χ2n) is 8.15. The number of ether oxygens (including phenoxy) is 1. The van der Waals surface area contributed by atoms with Crippen LogP contribution in [-0.2, 0) is 17.2 Å². The van der Waals surface area contributed by atoms with Crippen LogP contribution < -0.4 is 5.32 Å². The minimum atomic E-state index is 0. The van der Waals surface area contributed by atoms with E-state index in [4.69, 9.17) is 16.3 Å². The molecule has 1 aliphatic carbocycles.